The molecule has 5 nitrogen and oxygen atoms in total. The van der Waals surface area contributed by atoms with Gasteiger partial charge in [0, 0.05) is 40.0 Å². The number of aromatic nitrogens is 2. The highest BCUT2D eigenvalue weighted by Crippen LogP contribution is 2.36. The largest absolute Gasteiger partial charge is 0.487 e. The Morgan fingerprint density at radius 2 is 1.63 bits per heavy atom. The zero-order chi connectivity index (χ0) is 30.0. The smallest absolute Gasteiger partial charge is 0.309 e. The van der Waals surface area contributed by atoms with Gasteiger partial charge in [-0.3, -0.25) is 4.79 Å². The topological polar surface area (TPSA) is 64.4 Å². The first-order valence-electron chi connectivity index (χ1n) is 14.4. The highest BCUT2D eigenvalue weighted by Gasteiger charge is 2.31. The third-order valence-electron chi connectivity index (χ3n) is 7.97. The number of benzene rings is 4. The van der Waals surface area contributed by atoms with Gasteiger partial charge in [-0.25, -0.2) is 4.98 Å². The summed E-state index contributed by atoms with van der Waals surface area (Å²) < 4.78 is 8.55. The average molecular weight is 589 g/mol. The summed E-state index contributed by atoms with van der Waals surface area (Å²) in [5.41, 5.74) is 6.24. The minimum atomic E-state index is -0.960. The molecule has 6 rings (SSSR count). The average Bonchev–Trinajstić information content (AvgIpc) is 3.27. The maximum absolute atomic E-state index is 12.3. The molecule has 0 fully saturated rings. The van der Waals surface area contributed by atoms with Crippen LogP contribution < -0.4 is 4.74 Å². The molecule has 0 bridgehead atoms. The Morgan fingerprint density at radius 1 is 0.884 bits per heavy atom. The summed E-state index contributed by atoms with van der Waals surface area (Å²) in [6.07, 6.45) is 1.05. The molecular formula is C37H33ClN2O3. The number of para-hydroxylation sites is 1. The molecule has 0 unspecified atom stereocenters. The van der Waals surface area contributed by atoms with E-state index in [9.17, 15) is 9.90 Å². The molecule has 0 aliphatic carbocycles. The highest BCUT2D eigenvalue weighted by atomic mass is 35.5. The summed E-state index contributed by atoms with van der Waals surface area (Å²) in [4.78, 5) is 17.1. The van der Waals surface area contributed by atoms with Crippen LogP contribution in [0.3, 0.4) is 0 Å². The van der Waals surface area contributed by atoms with Crippen molar-refractivity contribution in [3.8, 4) is 5.75 Å². The summed E-state index contributed by atoms with van der Waals surface area (Å²) in [6.45, 7) is 4.51. The van der Waals surface area contributed by atoms with Crippen LogP contribution in [0, 0.1) is 5.41 Å². The van der Waals surface area contributed by atoms with Gasteiger partial charge in [0.15, 0.2) is 0 Å². The van der Waals surface area contributed by atoms with Gasteiger partial charge in [0.2, 0.25) is 0 Å². The van der Waals surface area contributed by atoms with E-state index in [-0.39, 0.29) is 0 Å². The van der Waals surface area contributed by atoms with Crippen LogP contribution in [-0.4, -0.2) is 20.6 Å². The normalized spacial score (nSPS) is 11.7. The second kappa shape index (κ2) is 11.9. The molecule has 0 saturated heterocycles. The summed E-state index contributed by atoms with van der Waals surface area (Å²) >= 11 is 6.19. The number of aliphatic carboxylic acids is 1. The van der Waals surface area contributed by atoms with Crippen LogP contribution in [0.4, 0.5) is 0 Å². The van der Waals surface area contributed by atoms with Crippen LogP contribution in [0.5, 0.6) is 5.75 Å². The Labute approximate surface area is 256 Å². The molecule has 6 aromatic rings. The minimum Gasteiger partial charge on any atom is -0.487 e. The molecule has 4 aromatic carbocycles. The van der Waals surface area contributed by atoms with Crippen molar-refractivity contribution in [2.45, 2.75) is 39.8 Å². The van der Waals surface area contributed by atoms with Crippen molar-refractivity contribution in [3.05, 3.63) is 142 Å². The fraction of sp³-hybridized carbons (Fsp3) is 0.189. The molecule has 0 amide bonds. The fourth-order valence-corrected chi connectivity index (χ4v) is 5.66. The number of carbonyl (C=O) groups is 1. The Balaban J connectivity index is 1.44. The first kappa shape index (κ1) is 28.5. The molecule has 2 heterocycles. The van der Waals surface area contributed by atoms with E-state index in [1.165, 1.54) is 0 Å². The number of hydrogen-bond acceptors (Lipinski definition) is 3. The molecule has 1 N–H and O–H groups in total. The predicted molar refractivity (Wildman–Crippen MR) is 173 cm³/mol. The number of rotatable bonds is 10. The lowest BCUT2D eigenvalue weighted by atomic mass is 9.85. The second-order valence-electron chi connectivity index (χ2n) is 11.6. The third kappa shape index (κ3) is 6.27. The molecule has 0 aliphatic rings. The number of pyridine rings is 1. The SMILES string of the molecule is CC(C)(Cc1c(Cc2ccccc2)c2cc(OCc3ccc4ccccc4n3)ccc2n1Cc1ccc(Cl)cc1)C(=O)O. The van der Waals surface area contributed by atoms with Crippen molar-refractivity contribution in [1.29, 1.82) is 0 Å². The van der Waals surface area contributed by atoms with Crippen molar-refractivity contribution in [1.82, 2.24) is 9.55 Å². The third-order valence-corrected chi connectivity index (χ3v) is 8.22. The summed E-state index contributed by atoms with van der Waals surface area (Å²) in [5.74, 6) is -0.0853. The van der Waals surface area contributed by atoms with E-state index in [2.05, 4.69) is 34.9 Å². The van der Waals surface area contributed by atoms with Crippen molar-refractivity contribution in [2.75, 3.05) is 0 Å². The predicted octanol–water partition coefficient (Wildman–Crippen LogP) is 8.71. The van der Waals surface area contributed by atoms with Crippen molar-refractivity contribution < 1.29 is 14.6 Å². The Morgan fingerprint density at radius 3 is 2.40 bits per heavy atom. The number of fused-ring (bicyclic) bond motifs is 2. The lowest BCUT2D eigenvalue weighted by molar-refractivity contribution is -0.146. The fourth-order valence-electron chi connectivity index (χ4n) is 5.54. The molecule has 6 heteroatoms. The summed E-state index contributed by atoms with van der Waals surface area (Å²) in [7, 11) is 0. The molecule has 0 spiro atoms. The zero-order valence-corrected chi connectivity index (χ0v) is 25.0. The molecule has 0 atom stereocenters. The van der Waals surface area contributed by atoms with Crippen LogP contribution in [-0.2, 0) is 30.8 Å². The van der Waals surface area contributed by atoms with E-state index in [4.69, 9.17) is 21.3 Å². The molecule has 216 valence electrons. The van der Waals surface area contributed by atoms with Gasteiger partial charge < -0.3 is 14.4 Å². The van der Waals surface area contributed by atoms with E-state index in [0.717, 1.165) is 55.6 Å². The number of carboxylic acids is 1. The van der Waals surface area contributed by atoms with E-state index < -0.39 is 11.4 Å². The van der Waals surface area contributed by atoms with Crippen molar-refractivity contribution in [3.63, 3.8) is 0 Å². The quantitative estimate of drug-likeness (QED) is 0.174. The minimum absolute atomic E-state index is 0.342. The number of hydrogen-bond donors (Lipinski definition) is 1. The molecule has 43 heavy (non-hydrogen) atoms. The van der Waals surface area contributed by atoms with E-state index >= 15 is 0 Å². The van der Waals surface area contributed by atoms with Gasteiger partial charge in [-0.2, -0.15) is 0 Å². The number of halogens is 1. The van der Waals surface area contributed by atoms with Crippen molar-refractivity contribution in [2.24, 2.45) is 5.41 Å². The summed E-state index contributed by atoms with van der Waals surface area (Å²) in [5, 5.41) is 12.9. The van der Waals surface area contributed by atoms with E-state index in [1.807, 2.05) is 78.9 Å². The molecule has 0 aliphatic heterocycles. The molecule has 2 aromatic heterocycles. The van der Waals surface area contributed by atoms with Gasteiger partial charge in [0.25, 0.3) is 0 Å². The zero-order valence-electron chi connectivity index (χ0n) is 24.3. The first-order chi connectivity index (χ1) is 20.8. The van der Waals surface area contributed by atoms with Crippen LogP contribution in [0.1, 0.15) is 41.9 Å². The first-order valence-corrected chi connectivity index (χ1v) is 14.8. The molecule has 0 radical (unpaired) electrons. The standard InChI is InChI=1S/C37H33ClN2O3/c1-37(2,36(41)42)22-35-31(20-25-8-4-3-5-9-25)32-21-30(43-24-29-17-14-27-10-6-7-11-33(27)39-29)18-19-34(32)40(35)23-26-12-15-28(38)16-13-26/h3-19,21H,20,22-24H2,1-2H3,(H,41,42). The highest BCUT2D eigenvalue weighted by molar-refractivity contribution is 6.30. The van der Waals surface area contributed by atoms with Crippen LogP contribution in [0.2, 0.25) is 5.02 Å². The molecular weight excluding hydrogens is 556 g/mol. The van der Waals surface area contributed by atoms with Crippen LogP contribution in [0.15, 0.2) is 109 Å². The van der Waals surface area contributed by atoms with Gasteiger partial charge in [-0.15, -0.1) is 0 Å². The second-order valence-corrected chi connectivity index (χ2v) is 12.1. The van der Waals surface area contributed by atoms with Gasteiger partial charge >= 0.3 is 5.97 Å². The Bertz CT molecular complexity index is 1910. The number of carboxylic acid groups (broad SMARTS) is 1. The van der Waals surface area contributed by atoms with Crippen molar-refractivity contribution >= 4 is 39.4 Å². The summed E-state index contributed by atoms with van der Waals surface area (Å²) in [6, 6.07) is 36.4. The lowest BCUT2D eigenvalue weighted by Gasteiger charge is -2.22. The lowest BCUT2D eigenvalue weighted by Crippen LogP contribution is -2.28. The van der Waals surface area contributed by atoms with Gasteiger partial charge in [-0.05, 0) is 79.4 Å². The van der Waals surface area contributed by atoms with Gasteiger partial charge in [0.05, 0.1) is 16.6 Å². The monoisotopic (exact) mass is 588 g/mol. The van der Waals surface area contributed by atoms with Gasteiger partial charge in [0.1, 0.15) is 12.4 Å². The van der Waals surface area contributed by atoms with E-state index in [0.29, 0.717) is 31.0 Å². The van der Waals surface area contributed by atoms with E-state index in [1.54, 1.807) is 13.8 Å². The Kier molecular flexibility index (Phi) is 7.92. The van der Waals surface area contributed by atoms with Gasteiger partial charge in [-0.1, -0.05) is 78.3 Å². The Hall–Kier alpha value is -4.61. The maximum atomic E-state index is 12.3. The van der Waals surface area contributed by atoms with Crippen LogP contribution >= 0.6 is 11.6 Å². The number of nitrogens with zero attached hydrogens (tertiary/aromatic N) is 2. The number of ether oxygens (including phenoxy) is 1. The van der Waals surface area contributed by atoms with Crippen LogP contribution in [0.25, 0.3) is 21.8 Å². The molecule has 0 saturated carbocycles. The maximum Gasteiger partial charge on any atom is 0.309 e.